The van der Waals surface area contributed by atoms with E-state index in [9.17, 15) is 9.59 Å². The molecule has 0 aromatic rings. The predicted molar refractivity (Wildman–Crippen MR) is 67.5 cm³/mol. The summed E-state index contributed by atoms with van der Waals surface area (Å²) in [6.45, 7) is 0.462. The Bertz CT molecular complexity index is 337. The maximum absolute atomic E-state index is 11.8. The van der Waals surface area contributed by atoms with Gasteiger partial charge in [0.15, 0.2) is 0 Å². The van der Waals surface area contributed by atoms with Crippen molar-refractivity contribution in [1.29, 1.82) is 0 Å². The number of carbonyl (C=O) groups is 2. The minimum atomic E-state index is -0.488. The number of hydrogen-bond acceptors (Lipinski definition) is 4. The van der Waals surface area contributed by atoms with E-state index in [1.807, 2.05) is 6.26 Å². The molecule has 0 N–H and O–H groups in total. The summed E-state index contributed by atoms with van der Waals surface area (Å²) < 4.78 is 4.75. The maximum atomic E-state index is 11.8. The molecule has 2 unspecified atom stereocenters. The van der Waals surface area contributed by atoms with Gasteiger partial charge in [0.2, 0.25) is 5.91 Å². The molecular weight excluding hydrogens is 238 g/mol. The number of amides is 1. The molecule has 0 saturated carbocycles. The number of likely N-dealkylation sites (tertiary alicyclic amines) is 1. The van der Waals surface area contributed by atoms with Crippen LogP contribution >= 0.6 is 11.8 Å². The number of rotatable bonds is 5. The maximum Gasteiger partial charge on any atom is 0.328 e. The lowest BCUT2D eigenvalue weighted by atomic mass is 10.1. The molecule has 1 fully saturated rings. The van der Waals surface area contributed by atoms with Crippen LogP contribution in [0.1, 0.15) is 12.8 Å². The number of esters is 1. The number of methoxy groups -OCH3 is 1. The molecule has 17 heavy (non-hydrogen) atoms. The highest BCUT2D eigenvalue weighted by molar-refractivity contribution is 7.98. The summed E-state index contributed by atoms with van der Waals surface area (Å²) in [6.07, 6.45) is 8.23. The zero-order valence-electron chi connectivity index (χ0n) is 10.1. The third-order valence-corrected chi connectivity index (χ3v) is 3.48. The van der Waals surface area contributed by atoms with Gasteiger partial charge in [-0.15, -0.1) is 12.3 Å². The molecule has 1 saturated heterocycles. The van der Waals surface area contributed by atoms with Gasteiger partial charge in [0.05, 0.1) is 7.11 Å². The van der Waals surface area contributed by atoms with Crippen LogP contribution in [-0.2, 0) is 14.3 Å². The first-order valence-electron chi connectivity index (χ1n) is 5.46. The zero-order chi connectivity index (χ0) is 12.8. The van der Waals surface area contributed by atoms with Gasteiger partial charge in [-0.25, -0.2) is 4.79 Å². The van der Waals surface area contributed by atoms with E-state index in [4.69, 9.17) is 11.2 Å². The van der Waals surface area contributed by atoms with Crippen molar-refractivity contribution in [2.75, 3.05) is 25.7 Å². The summed E-state index contributed by atoms with van der Waals surface area (Å²) in [4.78, 5) is 25.0. The van der Waals surface area contributed by atoms with Gasteiger partial charge in [0.1, 0.15) is 6.04 Å². The molecule has 0 aromatic heterocycles. The van der Waals surface area contributed by atoms with Crippen LogP contribution in [0, 0.1) is 18.3 Å². The molecule has 0 aromatic carbocycles. The van der Waals surface area contributed by atoms with Crippen molar-refractivity contribution in [3.05, 3.63) is 0 Å². The van der Waals surface area contributed by atoms with E-state index in [0.717, 1.165) is 5.75 Å². The zero-order valence-corrected chi connectivity index (χ0v) is 11.0. The molecule has 1 amide bonds. The van der Waals surface area contributed by atoms with E-state index in [1.165, 1.54) is 7.11 Å². The van der Waals surface area contributed by atoms with Crippen molar-refractivity contribution in [2.24, 2.45) is 5.92 Å². The molecule has 5 heteroatoms. The summed E-state index contributed by atoms with van der Waals surface area (Å²) in [5, 5.41) is 0. The number of nitrogens with zero attached hydrogens (tertiary/aromatic N) is 1. The number of terminal acetylenes is 1. The van der Waals surface area contributed by atoms with Crippen LogP contribution in [0.5, 0.6) is 0 Å². The van der Waals surface area contributed by atoms with Crippen LogP contribution < -0.4 is 0 Å². The minimum absolute atomic E-state index is 0.0514. The van der Waals surface area contributed by atoms with Gasteiger partial charge in [0, 0.05) is 18.9 Å². The lowest BCUT2D eigenvalue weighted by Gasteiger charge is -2.25. The topological polar surface area (TPSA) is 46.6 Å². The first-order valence-corrected chi connectivity index (χ1v) is 6.85. The van der Waals surface area contributed by atoms with Crippen molar-refractivity contribution in [2.45, 2.75) is 18.9 Å². The minimum Gasteiger partial charge on any atom is -0.467 e. The standard InChI is InChI=1S/C12H17NO3S/c1-4-9-7-11(14)13(8-9)10(5-6-17-3)12(15)16-2/h1,9-10H,5-8H2,2-3H3. The quantitative estimate of drug-likeness (QED) is 0.537. The molecule has 1 heterocycles. The molecule has 4 nitrogen and oxygen atoms in total. The van der Waals surface area contributed by atoms with Gasteiger partial charge in [-0.1, -0.05) is 0 Å². The van der Waals surface area contributed by atoms with Gasteiger partial charge in [-0.05, 0) is 18.4 Å². The first kappa shape index (κ1) is 13.9. The number of carbonyl (C=O) groups excluding carboxylic acids is 2. The van der Waals surface area contributed by atoms with Crippen LogP contribution in [0.3, 0.4) is 0 Å². The molecule has 1 rings (SSSR count). The fraction of sp³-hybridized carbons (Fsp3) is 0.667. The molecular formula is C12H17NO3S. The Morgan fingerprint density at radius 1 is 1.76 bits per heavy atom. The second-order valence-electron chi connectivity index (χ2n) is 3.93. The van der Waals surface area contributed by atoms with Crippen molar-refractivity contribution in [1.82, 2.24) is 4.90 Å². The Labute approximate surface area is 106 Å². The van der Waals surface area contributed by atoms with Gasteiger partial charge in [0.25, 0.3) is 0 Å². The summed E-state index contributed by atoms with van der Waals surface area (Å²) in [5.74, 6) is 2.89. The third-order valence-electron chi connectivity index (χ3n) is 2.84. The van der Waals surface area contributed by atoms with E-state index in [0.29, 0.717) is 19.4 Å². The molecule has 2 atom stereocenters. The summed E-state index contributed by atoms with van der Waals surface area (Å²) >= 11 is 1.64. The first-order chi connectivity index (χ1) is 8.13. The second kappa shape index (κ2) is 6.55. The van der Waals surface area contributed by atoms with E-state index in [2.05, 4.69) is 5.92 Å². The smallest absolute Gasteiger partial charge is 0.328 e. The largest absolute Gasteiger partial charge is 0.467 e. The number of thioether (sulfide) groups is 1. The lowest BCUT2D eigenvalue weighted by Crippen LogP contribution is -2.43. The van der Waals surface area contributed by atoms with Gasteiger partial charge in [-0.3, -0.25) is 4.79 Å². The predicted octanol–water partition coefficient (Wildman–Crippen LogP) is 0.763. The second-order valence-corrected chi connectivity index (χ2v) is 4.92. The molecule has 1 aliphatic heterocycles. The molecule has 0 bridgehead atoms. The molecule has 0 radical (unpaired) electrons. The average molecular weight is 255 g/mol. The normalized spacial score (nSPS) is 21.1. The van der Waals surface area contributed by atoms with E-state index in [-0.39, 0.29) is 17.8 Å². The lowest BCUT2D eigenvalue weighted by molar-refractivity contribution is -0.151. The highest BCUT2D eigenvalue weighted by atomic mass is 32.2. The van der Waals surface area contributed by atoms with E-state index in [1.54, 1.807) is 16.7 Å². The Morgan fingerprint density at radius 3 is 2.94 bits per heavy atom. The van der Waals surface area contributed by atoms with E-state index >= 15 is 0 Å². The Hall–Kier alpha value is -1.15. The van der Waals surface area contributed by atoms with Crippen LogP contribution in [0.4, 0.5) is 0 Å². The third kappa shape index (κ3) is 3.40. The fourth-order valence-electron chi connectivity index (χ4n) is 1.91. The van der Waals surface area contributed by atoms with Gasteiger partial charge < -0.3 is 9.64 Å². The van der Waals surface area contributed by atoms with Crippen LogP contribution in [0.2, 0.25) is 0 Å². The highest BCUT2D eigenvalue weighted by Gasteiger charge is 2.37. The molecule has 0 spiro atoms. The Kier molecular flexibility index (Phi) is 5.36. The monoisotopic (exact) mass is 255 g/mol. The summed E-state index contributed by atoms with van der Waals surface area (Å²) in [5.41, 5.74) is 0. The average Bonchev–Trinajstić information content (AvgIpc) is 2.71. The number of ether oxygens (including phenoxy) is 1. The van der Waals surface area contributed by atoms with Gasteiger partial charge >= 0.3 is 5.97 Å². The Balaban J connectivity index is 2.73. The SMILES string of the molecule is C#CC1CC(=O)N(C(CCSC)C(=O)OC)C1. The van der Waals surface area contributed by atoms with Crippen LogP contribution in [0.25, 0.3) is 0 Å². The molecule has 1 aliphatic rings. The van der Waals surface area contributed by atoms with Gasteiger partial charge in [-0.2, -0.15) is 11.8 Å². The highest BCUT2D eigenvalue weighted by Crippen LogP contribution is 2.22. The van der Waals surface area contributed by atoms with Crippen molar-refractivity contribution >= 4 is 23.6 Å². The van der Waals surface area contributed by atoms with Crippen molar-refractivity contribution in [3.8, 4) is 12.3 Å². The fourth-order valence-corrected chi connectivity index (χ4v) is 2.37. The summed E-state index contributed by atoms with van der Waals surface area (Å²) in [7, 11) is 1.34. The van der Waals surface area contributed by atoms with E-state index < -0.39 is 6.04 Å². The number of hydrogen-bond donors (Lipinski definition) is 0. The summed E-state index contributed by atoms with van der Waals surface area (Å²) in [6, 6.07) is -0.488. The van der Waals surface area contributed by atoms with Crippen LogP contribution in [-0.4, -0.2) is 48.5 Å². The van der Waals surface area contributed by atoms with Crippen molar-refractivity contribution in [3.63, 3.8) is 0 Å². The molecule has 0 aliphatic carbocycles. The Morgan fingerprint density at radius 2 is 2.47 bits per heavy atom. The van der Waals surface area contributed by atoms with Crippen molar-refractivity contribution < 1.29 is 14.3 Å². The molecule has 94 valence electrons. The van der Waals surface area contributed by atoms with Crippen LogP contribution in [0.15, 0.2) is 0 Å².